The lowest BCUT2D eigenvalue weighted by Gasteiger charge is -2.32. The van der Waals surface area contributed by atoms with Gasteiger partial charge in [-0.3, -0.25) is 4.98 Å². The molecule has 2 nitrogen and oxygen atoms in total. The number of hydrogen-bond acceptors (Lipinski definition) is 2. The number of nitrogens with one attached hydrogen (secondary N) is 1. The molecule has 2 atom stereocenters. The summed E-state index contributed by atoms with van der Waals surface area (Å²) in [4.78, 5) is 4.14. The normalized spacial score (nSPS) is 20.7. The van der Waals surface area contributed by atoms with Gasteiger partial charge >= 0.3 is 0 Å². The van der Waals surface area contributed by atoms with E-state index >= 15 is 0 Å². The quantitative estimate of drug-likeness (QED) is 0.805. The maximum absolute atomic E-state index is 4.14. The smallest absolute Gasteiger partial charge is 0.0270 e. The molecule has 2 heteroatoms. The Hall–Kier alpha value is -0.890. The predicted octanol–water partition coefficient (Wildman–Crippen LogP) is 4.13. The molecule has 0 aliphatic heterocycles. The topological polar surface area (TPSA) is 24.9 Å². The maximum Gasteiger partial charge on any atom is 0.0270 e. The van der Waals surface area contributed by atoms with Crippen LogP contribution in [0, 0.1) is 5.92 Å². The van der Waals surface area contributed by atoms with Crippen molar-refractivity contribution in [1.82, 2.24) is 10.3 Å². The second-order valence-corrected chi connectivity index (χ2v) is 5.90. The first-order valence-corrected chi connectivity index (χ1v) is 7.96. The SMILES string of the molecule is CCNC(C1CCCCCC1)C(C)c1ccncc1. The molecule has 1 aliphatic rings. The molecule has 19 heavy (non-hydrogen) atoms. The molecule has 0 bridgehead atoms. The average Bonchev–Trinajstić information content (AvgIpc) is 2.74. The van der Waals surface area contributed by atoms with Gasteiger partial charge in [0.25, 0.3) is 0 Å². The highest BCUT2D eigenvalue weighted by molar-refractivity contribution is 5.17. The number of aromatic nitrogens is 1. The molecule has 0 amide bonds. The van der Waals surface area contributed by atoms with Gasteiger partial charge in [-0.05, 0) is 48.9 Å². The minimum absolute atomic E-state index is 0.575. The van der Waals surface area contributed by atoms with Crippen LogP contribution >= 0.6 is 0 Å². The first-order chi connectivity index (χ1) is 9.33. The summed E-state index contributed by atoms with van der Waals surface area (Å²) in [5.74, 6) is 1.41. The summed E-state index contributed by atoms with van der Waals surface area (Å²) in [5, 5.41) is 3.76. The van der Waals surface area contributed by atoms with Crippen LogP contribution in [0.5, 0.6) is 0 Å². The molecule has 2 unspecified atom stereocenters. The van der Waals surface area contributed by atoms with E-state index in [4.69, 9.17) is 0 Å². The van der Waals surface area contributed by atoms with Crippen molar-refractivity contribution < 1.29 is 0 Å². The Kier molecular flexibility index (Phi) is 5.84. The molecule has 106 valence electrons. The second kappa shape index (κ2) is 7.64. The minimum Gasteiger partial charge on any atom is -0.313 e. The fraction of sp³-hybridized carbons (Fsp3) is 0.706. The highest BCUT2D eigenvalue weighted by Crippen LogP contribution is 2.32. The second-order valence-electron chi connectivity index (χ2n) is 5.90. The van der Waals surface area contributed by atoms with E-state index in [0.29, 0.717) is 12.0 Å². The van der Waals surface area contributed by atoms with E-state index in [1.165, 1.54) is 44.1 Å². The van der Waals surface area contributed by atoms with Crippen molar-refractivity contribution in [2.24, 2.45) is 5.92 Å². The Morgan fingerprint density at radius 1 is 1.16 bits per heavy atom. The predicted molar refractivity (Wildman–Crippen MR) is 81.3 cm³/mol. The standard InChI is InChI=1S/C17H28N2/c1-3-19-17(16-8-6-4-5-7-9-16)14(2)15-10-12-18-13-11-15/h10-14,16-17,19H,3-9H2,1-2H3. The molecule has 1 aliphatic carbocycles. The summed E-state index contributed by atoms with van der Waals surface area (Å²) in [6.45, 7) is 5.66. The molecule has 0 radical (unpaired) electrons. The summed E-state index contributed by atoms with van der Waals surface area (Å²) in [5.41, 5.74) is 1.42. The summed E-state index contributed by atoms with van der Waals surface area (Å²) >= 11 is 0. The number of pyridine rings is 1. The van der Waals surface area contributed by atoms with E-state index in [0.717, 1.165) is 12.5 Å². The average molecular weight is 260 g/mol. The van der Waals surface area contributed by atoms with Gasteiger partial charge in [-0.15, -0.1) is 0 Å². The van der Waals surface area contributed by atoms with Crippen molar-refractivity contribution in [3.05, 3.63) is 30.1 Å². The Bertz CT molecular complexity index is 342. The highest BCUT2D eigenvalue weighted by atomic mass is 14.9. The van der Waals surface area contributed by atoms with Gasteiger partial charge in [-0.25, -0.2) is 0 Å². The zero-order valence-corrected chi connectivity index (χ0v) is 12.4. The minimum atomic E-state index is 0.575. The molecular formula is C17H28N2. The van der Waals surface area contributed by atoms with E-state index in [9.17, 15) is 0 Å². The molecular weight excluding hydrogens is 232 g/mol. The molecule has 1 N–H and O–H groups in total. The maximum atomic E-state index is 4.14. The molecule has 0 aromatic carbocycles. The molecule has 1 heterocycles. The molecule has 1 aromatic heterocycles. The summed E-state index contributed by atoms with van der Waals surface area (Å²) in [7, 11) is 0. The van der Waals surface area contributed by atoms with Gasteiger partial charge in [0, 0.05) is 18.4 Å². The molecule has 0 saturated heterocycles. The Balaban J connectivity index is 2.09. The Morgan fingerprint density at radius 2 is 1.79 bits per heavy atom. The van der Waals surface area contributed by atoms with Gasteiger partial charge < -0.3 is 5.32 Å². The van der Waals surface area contributed by atoms with E-state index in [-0.39, 0.29) is 0 Å². The van der Waals surface area contributed by atoms with E-state index in [1.54, 1.807) is 0 Å². The number of likely N-dealkylation sites (N-methyl/N-ethyl adjacent to an activating group) is 1. The lowest BCUT2D eigenvalue weighted by Crippen LogP contribution is -2.40. The van der Waals surface area contributed by atoms with Crippen molar-refractivity contribution in [1.29, 1.82) is 0 Å². The molecule has 0 spiro atoms. The van der Waals surface area contributed by atoms with E-state index < -0.39 is 0 Å². The third kappa shape index (κ3) is 4.04. The molecule has 1 aromatic rings. The van der Waals surface area contributed by atoms with Crippen LogP contribution in [-0.2, 0) is 0 Å². The van der Waals surface area contributed by atoms with Gasteiger partial charge in [-0.1, -0.05) is 39.5 Å². The lowest BCUT2D eigenvalue weighted by atomic mass is 9.81. The van der Waals surface area contributed by atoms with Crippen LogP contribution in [0.25, 0.3) is 0 Å². The van der Waals surface area contributed by atoms with Crippen molar-refractivity contribution in [3.8, 4) is 0 Å². The number of nitrogens with zero attached hydrogens (tertiary/aromatic N) is 1. The third-order valence-corrected chi connectivity index (χ3v) is 4.62. The van der Waals surface area contributed by atoms with E-state index in [1.807, 2.05) is 12.4 Å². The van der Waals surface area contributed by atoms with Gasteiger partial charge in [0.05, 0.1) is 0 Å². The van der Waals surface area contributed by atoms with Crippen LogP contribution < -0.4 is 5.32 Å². The molecule has 1 fully saturated rings. The summed E-state index contributed by atoms with van der Waals surface area (Å²) in [6.07, 6.45) is 12.3. The Labute approximate surface area is 118 Å². The number of hydrogen-bond donors (Lipinski definition) is 1. The van der Waals surface area contributed by atoms with E-state index in [2.05, 4.69) is 36.3 Å². The largest absolute Gasteiger partial charge is 0.313 e. The van der Waals surface area contributed by atoms with Crippen LogP contribution in [-0.4, -0.2) is 17.6 Å². The van der Waals surface area contributed by atoms with Gasteiger partial charge in [-0.2, -0.15) is 0 Å². The zero-order chi connectivity index (χ0) is 13.5. The van der Waals surface area contributed by atoms with Crippen molar-refractivity contribution >= 4 is 0 Å². The summed E-state index contributed by atoms with van der Waals surface area (Å²) in [6, 6.07) is 4.96. The number of rotatable bonds is 5. The zero-order valence-electron chi connectivity index (χ0n) is 12.4. The Morgan fingerprint density at radius 3 is 2.37 bits per heavy atom. The summed E-state index contributed by atoms with van der Waals surface area (Å²) < 4.78 is 0. The third-order valence-electron chi connectivity index (χ3n) is 4.62. The van der Waals surface area contributed by atoms with Gasteiger partial charge in [0.2, 0.25) is 0 Å². The molecule has 2 rings (SSSR count). The fourth-order valence-corrected chi connectivity index (χ4v) is 3.53. The van der Waals surface area contributed by atoms with Crippen LogP contribution in [0.1, 0.15) is 63.9 Å². The van der Waals surface area contributed by atoms with Crippen LogP contribution in [0.4, 0.5) is 0 Å². The van der Waals surface area contributed by atoms with Crippen LogP contribution in [0.3, 0.4) is 0 Å². The molecule has 1 saturated carbocycles. The van der Waals surface area contributed by atoms with Gasteiger partial charge in [0.1, 0.15) is 0 Å². The monoisotopic (exact) mass is 260 g/mol. The van der Waals surface area contributed by atoms with Crippen LogP contribution in [0.15, 0.2) is 24.5 Å². The fourth-order valence-electron chi connectivity index (χ4n) is 3.53. The van der Waals surface area contributed by atoms with Crippen molar-refractivity contribution in [2.45, 2.75) is 64.3 Å². The first-order valence-electron chi connectivity index (χ1n) is 7.96. The first kappa shape index (κ1) is 14.5. The van der Waals surface area contributed by atoms with Crippen molar-refractivity contribution in [3.63, 3.8) is 0 Å². The van der Waals surface area contributed by atoms with Gasteiger partial charge in [0.15, 0.2) is 0 Å². The lowest BCUT2D eigenvalue weighted by molar-refractivity contribution is 0.291. The van der Waals surface area contributed by atoms with Crippen molar-refractivity contribution in [2.75, 3.05) is 6.54 Å². The highest BCUT2D eigenvalue weighted by Gasteiger charge is 2.27. The van der Waals surface area contributed by atoms with Crippen LogP contribution in [0.2, 0.25) is 0 Å².